The first-order valence-electron chi connectivity index (χ1n) is 7.11. The van der Waals surface area contributed by atoms with Crippen LogP contribution < -0.4 is 10.9 Å². The standard InChI is InChI=1S/C16H16ClN3O2.ClH/c17-13-3-1-2-11(8-13)14-10-18-6-7-20(14)16(22)12-4-5-19-15(21)9-12;/h1-5,8-9,14,18H,6-7,10H2,(H,19,21);1H. The van der Waals surface area contributed by atoms with E-state index < -0.39 is 0 Å². The Kier molecular flexibility index (Phi) is 5.82. The number of rotatable bonds is 2. The van der Waals surface area contributed by atoms with Crippen molar-refractivity contribution in [3.8, 4) is 0 Å². The van der Waals surface area contributed by atoms with Crippen LogP contribution >= 0.6 is 24.0 Å². The molecule has 1 amide bonds. The Labute approximate surface area is 145 Å². The minimum absolute atomic E-state index is 0. The Balaban J connectivity index is 0.00000192. The van der Waals surface area contributed by atoms with Crippen LogP contribution in [0.3, 0.4) is 0 Å². The maximum atomic E-state index is 12.7. The lowest BCUT2D eigenvalue weighted by Crippen LogP contribution is -2.48. The number of hydrogen-bond acceptors (Lipinski definition) is 3. The normalized spacial score (nSPS) is 17.4. The molecule has 3 rings (SSSR count). The van der Waals surface area contributed by atoms with E-state index in [0.29, 0.717) is 23.7 Å². The molecule has 2 N–H and O–H groups in total. The minimum Gasteiger partial charge on any atom is -0.329 e. The highest BCUT2D eigenvalue weighted by Gasteiger charge is 2.28. The first-order chi connectivity index (χ1) is 10.6. The number of aromatic nitrogens is 1. The second-order valence-corrected chi connectivity index (χ2v) is 5.65. The molecule has 1 aromatic carbocycles. The van der Waals surface area contributed by atoms with E-state index in [2.05, 4.69) is 10.3 Å². The van der Waals surface area contributed by atoms with Gasteiger partial charge in [-0.05, 0) is 23.8 Å². The minimum atomic E-state index is -0.278. The van der Waals surface area contributed by atoms with Gasteiger partial charge in [0, 0.05) is 42.5 Å². The Hall–Kier alpha value is -1.82. The number of halogens is 2. The molecule has 2 aromatic rings. The fourth-order valence-corrected chi connectivity index (χ4v) is 2.90. The number of carbonyl (C=O) groups is 1. The summed E-state index contributed by atoms with van der Waals surface area (Å²) in [6.07, 6.45) is 1.49. The molecule has 0 aliphatic carbocycles. The van der Waals surface area contributed by atoms with Gasteiger partial charge in [0.2, 0.25) is 5.56 Å². The average Bonchev–Trinajstić information content (AvgIpc) is 2.54. The van der Waals surface area contributed by atoms with Crippen LogP contribution in [0.5, 0.6) is 0 Å². The van der Waals surface area contributed by atoms with Crippen molar-refractivity contribution in [2.45, 2.75) is 6.04 Å². The zero-order valence-electron chi connectivity index (χ0n) is 12.3. The Bertz CT molecular complexity index is 748. The van der Waals surface area contributed by atoms with Crippen LogP contribution in [0.1, 0.15) is 22.0 Å². The first kappa shape index (κ1) is 17.5. The fourth-order valence-electron chi connectivity index (χ4n) is 2.70. The van der Waals surface area contributed by atoms with Gasteiger partial charge in [0.25, 0.3) is 5.91 Å². The van der Waals surface area contributed by atoms with E-state index in [1.54, 1.807) is 11.0 Å². The molecule has 1 atom stereocenters. The lowest BCUT2D eigenvalue weighted by molar-refractivity contribution is 0.0634. The summed E-state index contributed by atoms with van der Waals surface area (Å²) in [6, 6.07) is 10.4. The zero-order valence-corrected chi connectivity index (χ0v) is 13.9. The van der Waals surface area contributed by atoms with Crippen molar-refractivity contribution in [1.82, 2.24) is 15.2 Å². The number of piperazine rings is 1. The molecule has 2 heterocycles. The van der Waals surface area contributed by atoms with Crippen molar-refractivity contribution in [3.05, 3.63) is 69.1 Å². The molecule has 1 aromatic heterocycles. The maximum absolute atomic E-state index is 12.7. The van der Waals surface area contributed by atoms with Gasteiger partial charge in [-0.2, -0.15) is 0 Å². The molecule has 0 radical (unpaired) electrons. The fraction of sp³-hybridized carbons (Fsp3) is 0.250. The molecule has 1 aliphatic rings. The molecule has 5 nitrogen and oxygen atoms in total. The number of aromatic amines is 1. The first-order valence-corrected chi connectivity index (χ1v) is 7.49. The van der Waals surface area contributed by atoms with E-state index in [1.807, 2.05) is 24.3 Å². The van der Waals surface area contributed by atoms with Crippen LogP contribution in [0.15, 0.2) is 47.4 Å². The van der Waals surface area contributed by atoms with Gasteiger partial charge < -0.3 is 15.2 Å². The number of benzene rings is 1. The third kappa shape index (κ3) is 3.93. The topological polar surface area (TPSA) is 65.2 Å². The lowest BCUT2D eigenvalue weighted by Gasteiger charge is -2.36. The summed E-state index contributed by atoms with van der Waals surface area (Å²) in [6.45, 7) is 1.98. The van der Waals surface area contributed by atoms with Crippen molar-refractivity contribution < 1.29 is 4.79 Å². The Morgan fingerprint density at radius 1 is 1.26 bits per heavy atom. The SMILES string of the molecule is Cl.O=C(c1cc[nH]c(=O)c1)N1CCNCC1c1cccc(Cl)c1. The summed E-state index contributed by atoms with van der Waals surface area (Å²) in [4.78, 5) is 28.5. The Morgan fingerprint density at radius 2 is 2.09 bits per heavy atom. The molecule has 122 valence electrons. The van der Waals surface area contributed by atoms with Crippen LogP contribution in [-0.4, -0.2) is 35.4 Å². The van der Waals surface area contributed by atoms with Gasteiger partial charge in [-0.15, -0.1) is 12.4 Å². The summed E-state index contributed by atoms with van der Waals surface area (Å²) in [5.41, 5.74) is 1.11. The van der Waals surface area contributed by atoms with Crippen molar-refractivity contribution in [3.63, 3.8) is 0 Å². The second-order valence-electron chi connectivity index (χ2n) is 5.22. The highest BCUT2D eigenvalue weighted by atomic mass is 35.5. The number of amides is 1. The number of carbonyl (C=O) groups excluding carboxylic acids is 1. The van der Waals surface area contributed by atoms with Crippen LogP contribution in [0.4, 0.5) is 0 Å². The van der Waals surface area contributed by atoms with Crippen LogP contribution in [0.2, 0.25) is 5.02 Å². The van der Waals surface area contributed by atoms with Gasteiger partial charge in [0.1, 0.15) is 0 Å². The molecule has 1 saturated heterocycles. The van der Waals surface area contributed by atoms with Crippen molar-refractivity contribution in [2.24, 2.45) is 0 Å². The molecule has 23 heavy (non-hydrogen) atoms. The number of nitrogens with zero attached hydrogens (tertiary/aromatic N) is 1. The van der Waals surface area contributed by atoms with E-state index in [1.165, 1.54) is 12.3 Å². The molecule has 1 fully saturated rings. The van der Waals surface area contributed by atoms with Crippen LogP contribution in [0.25, 0.3) is 0 Å². The van der Waals surface area contributed by atoms with Gasteiger partial charge >= 0.3 is 0 Å². The van der Waals surface area contributed by atoms with E-state index in [4.69, 9.17) is 11.6 Å². The largest absolute Gasteiger partial charge is 0.329 e. The summed E-state index contributed by atoms with van der Waals surface area (Å²) in [5.74, 6) is -0.141. The predicted octanol–water partition coefficient (Wildman–Crippen LogP) is 2.24. The van der Waals surface area contributed by atoms with Crippen molar-refractivity contribution in [1.29, 1.82) is 0 Å². The van der Waals surface area contributed by atoms with E-state index >= 15 is 0 Å². The number of pyridine rings is 1. The van der Waals surface area contributed by atoms with Gasteiger partial charge in [0.15, 0.2) is 0 Å². The summed E-state index contributed by atoms with van der Waals surface area (Å²) in [5, 5.41) is 3.94. The van der Waals surface area contributed by atoms with Gasteiger partial charge in [-0.1, -0.05) is 23.7 Å². The van der Waals surface area contributed by atoms with Crippen LogP contribution in [-0.2, 0) is 0 Å². The molecular weight excluding hydrogens is 337 g/mol. The number of nitrogens with one attached hydrogen (secondary N) is 2. The van der Waals surface area contributed by atoms with E-state index in [0.717, 1.165) is 12.1 Å². The van der Waals surface area contributed by atoms with Gasteiger partial charge in [-0.3, -0.25) is 9.59 Å². The van der Waals surface area contributed by atoms with Crippen molar-refractivity contribution in [2.75, 3.05) is 19.6 Å². The van der Waals surface area contributed by atoms with Gasteiger partial charge in [0.05, 0.1) is 6.04 Å². The highest BCUT2D eigenvalue weighted by molar-refractivity contribution is 6.30. The molecule has 1 unspecified atom stereocenters. The van der Waals surface area contributed by atoms with Crippen molar-refractivity contribution >= 4 is 29.9 Å². The molecule has 7 heteroatoms. The average molecular weight is 354 g/mol. The molecule has 0 saturated carbocycles. The quantitative estimate of drug-likeness (QED) is 0.869. The predicted molar refractivity (Wildman–Crippen MR) is 92.4 cm³/mol. The lowest BCUT2D eigenvalue weighted by atomic mass is 10.0. The monoisotopic (exact) mass is 353 g/mol. The number of H-pyrrole nitrogens is 1. The number of hydrogen-bond donors (Lipinski definition) is 2. The maximum Gasteiger partial charge on any atom is 0.254 e. The smallest absolute Gasteiger partial charge is 0.254 e. The summed E-state index contributed by atoms with van der Waals surface area (Å²) in [7, 11) is 0. The third-order valence-corrected chi connectivity index (χ3v) is 3.99. The van der Waals surface area contributed by atoms with Gasteiger partial charge in [-0.25, -0.2) is 0 Å². The zero-order chi connectivity index (χ0) is 15.5. The summed E-state index contributed by atoms with van der Waals surface area (Å²) >= 11 is 6.06. The molecule has 0 bridgehead atoms. The van der Waals surface area contributed by atoms with E-state index in [9.17, 15) is 9.59 Å². The molecule has 0 spiro atoms. The van der Waals surface area contributed by atoms with Crippen LogP contribution in [0, 0.1) is 0 Å². The Morgan fingerprint density at radius 3 is 2.83 bits per heavy atom. The molecular formula is C16H17Cl2N3O2. The second kappa shape index (κ2) is 7.64. The summed E-state index contributed by atoms with van der Waals surface area (Å²) < 4.78 is 0. The third-order valence-electron chi connectivity index (χ3n) is 3.76. The highest BCUT2D eigenvalue weighted by Crippen LogP contribution is 2.25. The van der Waals surface area contributed by atoms with E-state index in [-0.39, 0.29) is 29.9 Å². The molecule has 1 aliphatic heterocycles.